The van der Waals surface area contributed by atoms with Gasteiger partial charge in [-0.05, 0) is 22.9 Å². The van der Waals surface area contributed by atoms with Crippen LogP contribution in [-0.4, -0.2) is 0 Å². The minimum Gasteiger partial charge on any atom is -0.204 e. The fraction of sp³-hybridized carbons (Fsp3) is 0.368. The fourth-order valence-corrected chi connectivity index (χ4v) is 2.04. The van der Waals surface area contributed by atoms with E-state index in [-0.39, 0.29) is 11.5 Å². The molecular weight excluding hydrogens is 266 g/mol. The summed E-state index contributed by atoms with van der Waals surface area (Å²) in [6, 6.07) is 6.66. The van der Waals surface area contributed by atoms with Crippen molar-refractivity contribution in [3.8, 4) is 12.3 Å². The van der Waals surface area contributed by atoms with Crippen LogP contribution in [-0.2, 0) is 0 Å². The quantitative estimate of drug-likeness (QED) is 0.542. The second-order valence-electron chi connectivity index (χ2n) is 4.29. The summed E-state index contributed by atoms with van der Waals surface area (Å²) < 4.78 is 27.0. The lowest BCUT2D eigenvalue weighted by atomic mass is 9.92. The van der Waals surface area contributed by atoms with Gasteiger partial charge in [0, 0.05) is 5.39 Å². The van der Waals surface area contributed by atoms with Crippen molar-refractivity contribution in [2.45, 2.75) is 47.5 Å². The second-order valence-corrected chi connectivity index (χ2v) is 4.29. The number of hydrogen-bond acceptors (Lipinski definition) is 0. The SMILES string of the molecule is C#Cc1c(F)c(F)cc2cccc(C(C)C)c12.CC.CC. The third-order valence-corrected chi connectivity index (χ3v) is 2.86. The smallest absolute Gasteiger partial charge is 0.175 e. The molecule has 0 aliphatic rings. The summed E-state index contributed by atoms with van der Waals surface area (Å²) in [4.78, 5) is 0. The Kier molecular flexibility index (Phi) is 8.31. The molecule has 0 aliphatic heterocycles. The standard InChI is InChI=1S/C15H12F2.2C2H6/c1-4-11-14-10(8-13(16)15(11)17)6-5-7-12(14)9(2)3;2*1-2/h1,5-9H,2-3H3;2*1-2H3. The molecule has 2 rings (SSSR count). The number of hydrogen-bond donors (Lipinski definition) is 0. The van der Waals surface area contributed by atoms with Crippen molar-refractivity contribution >= 4 is 10.8 Å². The molecule has 21 heavy (non-hydrogen) atoms. The normalized spacial score (nSPS) is 9.33. The van der Waals surface area contributed by atoms with E-state index in [0.717, 1.165) is 5.56 Å². The van der Waals surface area contributed by atoms with Crippen LogP contribution >= 0.6 is 0 Å². The van der Waals surface area contributed by atoms with Gasteiger partial charge in [-0.1, -0.05) is 65.7 Å². The largest absolute Gasteiger partial charge is 0.204 e. The second kappa shape index (κ2) is 9.13. The topological polar surface area (TPSA) is 0 Å². The van der Waals surface area contributed by atoms with Crippen molar-refractivity contribution in [3.63, 3.8) is 0 Å². The average molecular weight is 290 g/mol. The third-order valence-electron chi connectivity index (χ3n) is 2.86. The molecule has 0 spiro atoms. The Balaban J connectivity index is 0.000000921. The van der Waals surface area contributed by atoms with Crippen LogP contribution in [0.5, 0.6) is 0 Å². The highest BCUT2D eigenvalue weighted by Crippen LogP contribution is 2.30. The number of halogens is 2. The van der Waals surface area contributed by atoms with Gasteiger partial charge in [-0.3, -0.25) is 0 Å². The molecule has 2 aromatic carbocycles. The molecule has 0 aromatic heterocycles. The molecule has 0 aliphatic carbocycles. The van der Waals surface area contributed by atoms with Gasteiger partial charge in [0.05, 0.1) is 5.56 Å². The van der Waals surface area contributed by atoms with E-state index in [1.807, 2.05) is 53.7 Å². The molecule has 0 fully saturated rings. The maximum atomic E-state index is 13.7. The zero-order chi connectivity index (χ0) is 16.6. The Labute approximate surface area is 127 Å². The summed E-state index contributed by atoms with van der Waals surface area (Å²) in [6.07, 6.45) is 5.30. The molecule has 0 amide bonds. The Morgan fingerprint density at radius 2 is 1.62 bits per heavy atom. The Bertz CT molecular complexity index is 619. The number of terminal acetylenes is 1. The predicted molar refractivity (Wildman–Crippen MR) is 88.6 cm³/mol. The lowest BCUT2D eigenvalue weighted by molar-refractivity contribution is 0.509. The molecule has 0 unspecified atom stereocenters. The summed E-state index contributed by atoms with van der Waals surface area (Å²) in [5.74, 6) is 0.630. The molecule has 114 valence electrons. The molecule has 0 saturated heterocycles. The van der Waals surface area contributed by atoms with Crippen molar-refractivity contribution in [1.82, 2.24) is 0 Å². The lowest BCUT2D eigenvalue weighted by Crippen LogP contribution is -1.97. The van der Waals surface area contributed by atoms with Gasteiger partial charge in [0.15, 0.2) is 11.6 Å². The highest BCUT2D eigenvalue weighted by Gasteiger charge is 2.15. The average Bonchev–Trinajstić information content (AvgIpc) is 2.52. The lowest BCUT2D eigenvalue weighted by Gasteiger charge is -2.12. The zero-order valence-electron chi connectivity index (χ0n) is 13.7. The fourth-order valence-electron chi connectivity index (χ4n) is 2.04. The van der Waals surface area contributed by atoms with Gasteiger partial charge in [-0.15, -0.1) is 6.42 Å². The predicted octanol–water partition coefficient (Wildman–Crippen LogP) is 6.28. The number of fused-ring (bicyclic) bond motifs is 1. The summed E-state index contributed by atoms with van der Waals surface area (Å²) in [5, 5.41) is 1.28. The van der Waals surface area contributed by atoms with Gasteiger partial charge in [0.2, 0.25) is 0 Å². The van der Waals surface area contributed by atoms with Gasteiger partial charge in [0.1, 0.15) is 0 Å². The monoisotopic (exact) mass is 290 g/mol. The van der Waals surface area contributed by atoms with Crippen LogP contribution in [0.15, 0.2) is 24.3 Å². The summed E-state index contributed by atoms with van der Waals surface area (Å²) in [7, 11) is 0. The van der Waals surface area contributed by atoms with Crippen LogP contribution in [0.25, 0.3) is 10.8 Å². The Morgan fingerprint density at radius 1 is 1.05 bits per heavy atom. The van der Waals surface area contributed by atoms with E-state index < -0.39 is 11.6 Å². The minimum absolute atomic E-state index is 0.0179. The van der Waals surface area contributed by atoms with Crippen molar-refractivity contribution < 1.29 is 8.78 Å². The van der Waals surface area contributed by atoms with Crippen molar-refractivity contribution in [2.24, 2.45) is 0 Å². The van der Waals surface area contributed by atoms with Crippen LogP contribution in [0.4, 0.5) is 8.78 Å². The maximum absolute atomic E-state index is 13.7. The molecule has 0 heterocycles. The minimum atomic E-state index is -0.937. The molecular formula is C19H24F2. The molecule has 0 nitrogen and oxygen atoms in total. The van der Waals surface area contributed by atoms with Crippen molar-refractivity contribution in [3.05, 3.63) is 47.0 Å². The number of benzene rings is 2. The van der Waals surface area contributed by atoms with Gasteiger partial charge >= 0.3 is 0 Å². The first-order valence-corrected chi connectivity index (χ1v) is 7.43. The Hall–Kier alpha value is -1.88. The molecule has 2 aromatic rings. The first-order valence-electron chi connectivity index (χ1n) is 7.43. The molecule has 2 heteroatoms. The van der Waals surface area contributed by atoms with E-state index in [1.165, 1.54) is 6.07 Å². The first kappa shape index (κ1) is 19.1. The summed E-state index contributed by atoms with van der Waals surface area (Å²) in [6.45, 7) is 12.0. The molecule has 0 N–H and O–H groups in total. The van der Waals surface area contributed by atoms with Crippen LogP contribution in [0.2, 0.25) is 0 Å². The van der Waals surface area contributed by atoms with Gasteiger partial charge < -0.3 is 0 Å². The highest BCUT2D eigenvalue weighted by molar-refractivity contribution is 5.91. The van der Waals surface area contributed by atoms with Gasteiger partial charge in [0.25, 0.3) is 0 Å². The van der Waals surface area contributed by atoms with Gasteiger partial charge in [-0.2, -0.15) is 0 Å². The molecule has 0 radical (unpaired) electrons. The third kappa shape index (κ3) is 4.04. The summed E-state index contributed by atoms with van der Waals surface area (Å²) in [5.41, 5.74) is 0.957. The van der Waals surface area contributed by atoms with E-state index in [0.29, 0.717) is 10.8 Å². The van der Waals surface area contributed by atoms with E-state index in [2.05, 4.69) is 5.92 Å². The zero-order valence-corrected chi connectivity index (χ0v) is 13.7. The van der Waals surface area contributed by atoms with E-state index >= 15 is 0 Å². The summed E-state index contributed by atoms with van der Waals surface area (Å²) >= 11 is 0. The van der Waals surface area contributed by atoms with E-state index in [9.17, 15) is 8.78 Å². The van der Waals surface area contributed by atoms with Crippen LogP contribution in [0, 0.1) is 24.0 Å². The van der Waals surface area contributed by atoms with Crippen molar-refractivity contribution in [1.29, 1.82) is 0 Å². The van der Waals surface area contributed by atoms with E-state index in [4.69, 9.17) is 6.42 Å². The van der Waals surface area contributed by atoms with E-state index in [1.54, 1.807) is 6.07 Å². The van der Waals surface area contributed by atoms with Crippen LogP contribution < -0.4 is 0 Å². The van der Waals surface area contributed by atoms with Crippen LogP contribution in [0.1, 0.15) is 58.6 Å². The maximum Gasteiger partial charge on any atom is 0.175 e. The van der Waals surface area contributed by atoms with Crippen molar-refractivity contribution in [2.75, 3.05) is 0 Å². The highest BCUT2D eigenvalue weighted by atomic mass is 19.2. The van der Waals surface area contributed by atoms with Gasteiger partial charge in [-0.25, -0.2) is 8.78 Å². The molecule has 0 atom stereocenters. The first-order chi connectivity index (χ1) is 10.1. The van der Waals surface area contributed by atoms with Crippen LogP contribution in [0.3, 0.4) is 0 Å². The molecule has 0 bridgehead atoms. The molecule has 0 saturated carbocycles. The Morgan fingerprint density at radius 3 is 2.10 bits per heavy atom. The number of rotatable bonds is 1.